The molecule has 1 aromatic heterocycles. The van der Waals surface area contributed by atoms with Gasteiger partial charge in [0.1, 0.15) is 12.4 Å². The molecule has 0 bridgehead atoms. The number of benzene rings is 1. The number of esters is 2. The monoisotopic (exact) mass is 382 g/mol. The van der Waals surface area contributed by atoms with Gasteiger partial charge in [-0.05, 0) is 59.3 Å². The van der Waals surface area contributed by atoms with E-state index in [1.165, 1.54) is 30.3 Å². The third-order valence-electron chi connectivity index (χ3n) is 2.74. The van der Waals surface area contributed by atoms with Crippen LogP contribution in [0.3, 0.4) is 0 Å². The van der Waals surface area contributed by atoms with E-state index in [-0.39, 0.29) is 12.4 Å². The van der Waals surface area contributed by atoms with E-state index < -0.39 is 11.9 Å². The van der Waals surface area contributed by atoms with Crippen molar-refractivity contribution in [2.24, 2.45) is 0 Å². The molecular weight excluding hydrogens is 368 g/mol. The molecule has 2 rings (SSSR count). The van der Waals surface area contributed by atoms with Crippen LogP contribution in [-0.2, 0) is 9.47 Å². The minimum Gasteiger partial charge on any atom is -0.460 e. The zero-order chi connectivity index (χ0) is 16.7. The van der Waals surface area contributed by atoms with E-state index in [4.69, 9.17) is 18.6 Å². The minimum atomic E-state index is -0.622. The molecule has 0 N–H and O–H groups in total. The Hall–Kier alpha value is -2.12. The highest BCUT2D eigenvalue weighted by molar-refractivity contribution is 9.10. The lowest BCUT2D eigenvalue weighted by molar-refractivity contribution is 0.0335. The molecule has 23 heavy (non-hydrogen) atoms. The normalized spacial score (nSPS) is 10.3. The van der Waals surface area contributed by atoms with Gasteiger partial charge in [-0.2, -0.15) is 0 Å². The fourth-order valence-corrected chi connectivity index (χ4v) is 1.97. The van der Waals surface area contributed by atoms with Crippen LogP contribution in [-0.4, -0.2) is 31.8 Å². The predicted molar refractivity (Wildman–Crippen MR) is 84.6 cm³/mol. The second-order valence-electron chi connectivity index (χ2n) is 4.35. The van der Waals surface area contributed by atoms with Crippen LogP contribution in [0.4, 0.5) is 0 Å². The Balaban J connectivity index is 1.89. The highest BCUT2D eigenvalue weighted by Gasteiger charge is 2.14. The highest BCUT2D eigenvalue weighted by atomic mass is 79.9. The van der Waals surface area contributed by atoms with Gasteiger partial charge in [0.15, 0.2) is 4.67 Å². The molecule has 0 atom stereocenters. The number of furan rings is 1. The summed E-state index contributed by atoms with van der Waals surface area (Å²) < 4.78 is 20.8. The van der Waals surface area contributed by atoms with E-state index in [1.807, 2.05) is 6.92 Å². The zero-order valence-corrected chi connectivity index (χ0v) is 14.0. The third-order valence-corrected chi connectivity index (χ3v) is 3.17. The van der Waals surface area contributed by atoms with Gasteiger partial charge in [0.25, 0.3) is 0 Å². The molecule has 0 aliphatic heterocycles. The largest absolute Gasteiger partial charge is 0.460 e. The maximum atomic E-state index is 11.8. The van der Waals surface area contributed by atoms with Crippen LogP contribution in [0.25, 0.3) is 0 Å². The molecule has 0 amide bonds. The van der Waals surface area contributed by atoms with Gasteiger partial charge in [-0.3, -0.25) is 0 Å². The van der Waals surface area contributed by atoms with Crippen molar-refractivity contribution < 1.29 is 28.2 Å². The van der Waals surface area contributed by atoms with Gasteiger partial charge in [-0.1, -0.05) is 0 Å². The van der Waals surface area contributed by atoms with Gasteiger partial charge in [-0.25, -0.2) is 9.59 Å². The summed E-state index contributed by atoms with van der Waals surface area (Å²) in [5.41, 5.74) is 0.363. The van der Waals surface area contributed by atoms with Crippen LogP contribution in [0.1, 0.15) is 27.8 Å². The lowest BCUT2D eigenvalue weighted by Crippen LogP contribution is -2.11. The number of carbonyl (C=O) groups excluding carboxylic acids is 2. The SMILES string of the molecule is CCOCCOC(=O)c1ccc(OC(=O)c2ccc(Br)o2)cc1. The van der Waals surface area contributed by atoms with Crippen LogP contribution in [0.15, 0.2) is 45.5 Å². The summed E-state index contributed by atoms with van der Waals surface area (Å²) in [4.78, 5) is 23.6. The Kier molecular flexibility index (Phi) is 6.37. The molecule has 0 aliphatic carbocycles. The first-order chi connectivity index (χ1) is 11.1. The van der Waals surface area contributed by atoms with Gasteiger partial charge in [-0.15, -0.1) is 0 Å². The van der Waals surface area contributed by atoms with Crippen molar-refractivity contribution in [1.82, 2.24) is 0 Å². The summed E-state index contributed by atoms with van der Waals surface area (Å²) in [7, 11) is 0. The Morgan fingerprint density at radius 3 is 2.39 bits per heavy atom. The van der Waals surface area contributed by atoms with Crippen LogP contribution in [0.2, 0.25) is 0 Å². The quantitative estimate of drug-likeness (QED) is 0.414. The molecule has 2 aromatic rings. The van der Waals surface area contributed by atoms with Crippen molar-refractivity contribution in [1.29, 1.82) is 0 Å². The maximum Gasteiger partial charge on any atom is 0.379 e. The molecule has 0 saturated carbocycles. The Labute approximate surface area is 141 Å². The Morgan fingerprint density at radius 2 is 1.78 bits per heavy atom. The summed E-state index contributed by atoms with van der Waals surface area (Å²) in [6.07, 6.45) is 0. The summed E-state index contributed by atoms with van der Waals surface area (Å²) in [5.74, 6) is -0.704. The first-order valence-electron chi connectivity index (χ1n) is 6.92. The topological polar surface area (TPSA) is 75.0 Å². The molecule has 0 unspecified atom stereocenters. The van der Waals surface area contributed by atoms with E-state index in [1.54, 1.807) is 6.07 Å². The van der Waals surface area contributed by atoms with Crippen molar-refractivity contribution in [3.05, 3.63) is 52.4 Å². The van der Waals surface area contributed by atoms with Gasteiger partial charge >= 0.3 is 11.9 Å². The smallest absolute Gasteiger partial charge is 0.379 e. The molecule has 0 fully saturated rings. The van der Waals surface area contributed by atoms with Crippen molar-refractivity contribution in [3.8, 4) is 5.75 Å². The Morgan fingerprint density at radius 1 is 1.04 bits per heavy atom. The van der Waals surface area contributed by atoms with E-state index in [0.29, 0.717) is 29.2 Å². The van der Waals surface area contributed by atoms with Crippen LogP contribution >= 0.6 is 15.9 Å². The van der Waals surface area contributed by atoms with E-state index in [9.17, 15) is 9.59 Å². The van der Waals surface area contributed by atoms with Crippen molar-refractivity contribution in [2.45, 2.75) is 6.92 Å². The summed E-state index contributed by atoms with van der Waals surface area (Å²) in [6, 6.07) is 9.14. The minimum absolute atomic E-state index is 0.0799. The van der Waals surface area contributed by atoms with E-state index >= 15 is 0 Å². The van der Waals surface area contributed by atoms with Crippen LogP contribution in [0.5, 0.6) is 5.75 Å². The van der Waals surface area contributed by atoms with Crippen LogP contribution < -0.4 is 4.74 Å². The molecule has 122 valence electrons. The summed E-state index contributed by atoms with van der Waals surface area (Å²) in [5, 5.41) is 0. The molecule has 6 nitrogen and oxygen atoms in total. The second-order valence-corrected chi connectivity index (χ2v) is 5.13. The first kappa shape index (κ1) is 17.2. The van der Waals surface area contributed by atoms with Crippen molar-refractivity contribution in [3.63, 3.8) is 0 Å². The lowest BCUT2D eigenvalue weighted by atomic mass is 10.2. The number of rotatable bonds is 7. The van der Waals surface area contributed by atoms with Crippen molar-refractivity contribution >= 4 is 27.9 Å². The maximum absolute atomic E-state index is 11.8. The number of halogens is 1. The predicted octanol–water partition coefficient (Wildman–Crippen LogP) is 3.45. The Bertz CT molecular complexity index is 661. The molecule has 0 aliphatic rings. The molecule has 1 heterocycles. The number of hydrogen-bond acceptors (Lipinski definition) is 6. The number of hydrogen-bond donors (Lipinski definition) is 0. The molecule has 7 heteroatoms. The molecule has 0 spiro atoms. The van der Waals surface area contributed by atoms with E-state index in [0.717, 1.165) is 0 Å². The zero-order valence-electron chi connectivity index (χ0n) is 12.4. The van der Waals surface area contributed by atoms with Gasteiger partial charge in [0, 0.05) is 6.61 Å². The number of carbonyl (C=O) groups is 2. The average molecular weight is 383 g/mol. The highest BCUT2D eigenvalue weighted by Crippen LogP contribution is 2.18. The fraction of sp³-hybridized carbons (Fsp3) is 0.250. The van der Waals surface area contributed by atoms with Gasteiger partial charge in [0.05, 0.1) is 12.2 Å². The molecular formula is C16H15BrO6. The summed E-state index contributed by atoms with van der Waals surface area (Å²) in [6.45, 7) is 2.99. The first-order valence-corrected chi connectivity index (χ1v) is 7.72. The second kappa shape index (κ2) is 8.50. The molecule has 1 aromatic carbocycles. The number of ether oxygens (including phenoxy) is 3. The van der Waals surface area contributed by atoms with E-state index in [2.05, 4.69) is 15.9 Å². The van der Waals surface area contributed by atoms with Gasteiger partial charge in [0.2, 0.25) is 5.76 Å². The van der Waals surface area contributed by atoms with Crippen LogP contribution in [0, 0.1) is 0 Å². The summed E-state index contributed by atoms with van der Waals surface area (Å²) >= 11 is 3.11. The van der Waals surface area contributed by atoms with Gasteiger partial charge < -0.3 is 18.6 Å². The molecule has 0 saturated heterocycles. The van der Waals surface area contributed by atoms with Crippen molar-refractivity contribution in [2.75, 3.05) is 19.8 Å². The third kappa shape index (κ3) is 5.22. The average Bonchev–Trinajstić information content (AvgIpc) is 2.99. The molecule has 0 radical (unpaired) electrons. The fourth-order valence-electron chi connectivity index (χ4n) is 1.66. The lowest BCUT2D eigenvalue weighted by Gasteiger charge is -2.06. The standard InChI is InChI=1S/C16H15BrO6/c1-2-20-9-10-21-15(18)11-3-5-12(6-4-11)22-16(19)13-7-8-14(17)23-13/h3-8H,2,9-10H2,1H3.